The molecule has 0 saturated heterocycles. The van der Waals surface area contributed by atoms with Crippen LogP contribution in [-0.4, -0.2) is 23.9 Å². The third-order valence-corrected chi connectivity index (χ3v) is 4.05. The molecule has 4 unspecified atom stereocenters. The third kappa shape index (κ3) is 3.74. The van der Waals surface area contributed by atoms with E-state index in [1.807, 2.05) is 6.92 Å². The highest BCUT2D eigenvalue weighted by Gasteiger charge is 2.31. The Morgan fingerprint density at radius 3 is 2.56 bits per heavy atom. The van der Waals surface area contributed by atoms with Crippen molar-refractivity contribution in [1.29, 1.82) is 0 Å². The summed E-state index contributed by atoms with van der Waals surface area (Å²) in [6.45, 7) is 7.08. The molecule has 4 atom stereocenters. The molecule has 16 heavy (non-hydrogen) atoms. The second-order valence-corrected chi connectivity index (χ2v) is 5.09. The average Bonchev–Trinajstić information content (AvgIpc) is 2.35. The van der Waals surface area contributed by atoms with Crippen LogP contribution in [0.5, 0.6) is 0 Å². The first kappa shape index (κ1) is 14.0. The molecule has 1 aliphatic rings. The summed E-state index contributed by atoms with van der Waals surface area (Å²) < 4.78 is 5.63. The van der Waals surface area contributed by atoms with Gasteiger partial charge < -0.3 is 9.84 Å². The molecule has 0 heterocycles. The number of aliphatic hydroxyl groups excluding tert-OH is 1. The second kappa shape index (κ2) is 7.29. The largest absolute Gasteiger partial charge is 0.390 e. The van der Waals surface area contributed by atoms with Gasteiger partial charge in [-0.1, -0.05) is 33.1 Å². The topological polar surface area (TPSA) is 29.5 Å². The zero-order valence-corrected chi connectivity index (χ0v) is 11.1. The van der Waals surface area contributed by atoms with Gasteiger partial charge in [0.2, 0.25) is 0 Å². The van der Waals surface area contributed by atoms with E-state index in [1.54, 1.807) is 0 Å². The van der Waals surface area contributed by atoms with Crippen molar-refractivity contribution in [2.24, 2.45) is 11.8 Å². The maximum Gasteiger partial charge on any atom is 0.0833 e. The van der Waals surface area contributed by atoms with Crippen LogP contribution in [0.4, 0.5) is 0 Å². The van der Waals surface area contributed by atoms with E-state index < -0.39 is 0 Å². The third-order valence-electron chi connectivity index (χ3n) is 4.05. The van der Waals surface area contributed by atoms with E-state index in [0.717, 1.165) is 12.3 Å². The smallest absolute Gasteiger partial charge is 0.0833 e. The summed E-state index contributed by atoms with van der Waals surface area (Å²) in [7, 11) is 0. The summed E-state index contributed by atoms with van der Waals surface area (Å²) in [6, 6.07) is 0. The van der Waals surface area contributed by atoms with Gasteiger partial charge >= 0.3 is 0 Å². The lowest BCUT2D eigenvalue weighted by atomic mass is 9.76. The Kier molecular flexibility index (Phi) is 6.37. The van der Waals surface area contributed by atoms with Crippen LogP contribution < -0.4 is 0 Å². The molecule has 0 bridgehead atoms. The van der Waals surface area contributed by atoms with E-state index >= 15 is 0 Å². The average molecular weight is 228 g/mol. The molecule has 1 saturated carbocycles. The molecule has 0 spiro atoms. The van der Waals surface area contributed by atoms with Crippen molar-refractivity contribution in [2.45, 2.75) is 71.5 Å². The number of ether oxygens (including phenoxy) is 1. The summed E-state index contributed by atoms with van der Waals surface area (Å²) in [5.41, 5.74) is 0. The summed E-state index contributed by atoms with van der Waals surface area (Å²) in [5, 5.41) is 10.4. The van der Waals surface area contributed by atoms with Crippen LogP contribution in [0.15, 0.2) is 0 Å². The molecule has 0 aromatic heterocycles. The summed E-state index contributed by atoms with van der Waals surface area (Å²) in [5.74, 6) is 1.29. The lowest BCUT2D eigenvalue weighted by molar-refractivity contribution is -0.0701. The van der Waals surface area contributed by atoms with E-state index in [2.05, 4.69) is 13.8 Å². The minimum absolute atomic E-state index is 0.0469. The number of aliphatic hydroxyl groups is 1. The van der Waals surface area contributed by atoms with E-state index in [0.29, 0.717) is 12.5 Å². The van der Waals surface area contributed by atoms with E-state index in [4.69, 9.17) is 4.74 Å². The van der Waals surface area contributed by atoms with Crippen LogP contribution in [0, 0.1) is 11.8 Å². The first-order chi connectivity index (χ1) is 7.72. The van der Waals surface area contributed by atoms with Crippen molar-refractivity contribution in [2.75, 3.05) is 6.61 Å². The van der Waals surface area contributed by atoms with Gasteiger partial charge in [0.15, 0.2) is 0 Å². The van der Waals surface area contributed by atoms with Gasteiger partial charge in [-0.25, -0.2) is 0 Å². The molecule has 1 rings (SSSR count). The Morgan fingerprint density at radius 1 is 1.25 bits per heavy atom. The van der Waals surface area contributed by atoms with Crippen molar-refractivity contribution in [3.63, 3.8) is 0 Å². The van der Waals surface area contributed by atoms with Gasteiger partial charge in [0.1, 0.15) is 0 Å². The van der Waals surface area contributed by atoms with Gasteiger partial charge in [0.05, 0.1) is 12.2 Å². The Bertz CT molecular complexity index is 182. The normalized spacial score (nSPS) is 30.0. The van der Waals surface area contributed by atoms with Gasteiger partial charge in [-0.15, -0.1) is 0 Å². The van der Waals surface area contributed by atoms with Crippen LogP contribution >= 0.6 is 0 Å². The van der Waals surface area contributed by atoms with Crippen LogP contribution in [0.3, 0.4) is 0 Å². The Morgan fingerprint density at radius 2 is 2.00 bits per heavy atom. The fraction of sp³-hybridized carbons (Fsp3) is 1.00. The molecule has 1 N–H and O–H groups in total. The monoisotopic (exact) mass is 228 g/mol. The second-order valence-electron chi connectivity index (χ2n) is 5.09. The molecule has 1 aliphatic carbocycles. The molecule has 2 heteroatoms. The van der Waals surface area contributed by atoms with Crippen LogP contribution in [0.2, 0.25) is 0 Å². The van der Waals surface area contributed by atoms with Crippen LogP contribution in [-0.2, 0) is 4.74 Å². The highest BCUT2D eigenvalue weighted by atomic mass is 16.5. The van der Waals surface area contributed by atoms with Gasteiger partial charge in [-0.3, -0.25) is 0 Å². The van der Waals surface area contributed by atoms with Crippen LogP contribution in [0.1, 0.15) is 59.3 Å². The predicted octanol–water partition coefficient (Wildman–Crippen LogP) is 3.38. The van der Waals surface area contributed by atoms with E-state index in [1.165, 1.54) is 32.1 Å². The Balaban J connectivity index is 2.47. The number of rotatable bonds is 6. The van der Waals surface area contributed by atoms with E-state index in [-0.39, 0.29) is 12.2 Å². The molecule has 96 valence electrons. The molecule has 0 aliphatic heterocycles. The molecule has 1 fully saturated rings. The molecule has 2 nitrogen and oxygen atoms in total. The van der Waals surface area contributed by atoms with Gasteiger partial charge in [0, 0.05) is 6.61 Å². The summed E-state index contributed by atoms with van der Waals surface area (Å²) in [4.78, 5) is 0. The first-order valence-electron chi connectivity index (χ1n) is 7.02. The van der Waals surface area contributed by atoms with Gasteiger partial charge in [-0.2, -0.15) is 0 Å². The zero-order valence-electron chi connectivity index (χ0n) is 11.1. The quantitative estimate of drug-likeness (QED) is 0.755. The molecular weight excluding hydrogens is 200 g/mol. The Labute approximate surface area is 100 Å². The number of hydrogen-bond acceptors (Lipinski definition) is 2. The minimum Gasteiger partial charge on any atom is -0.390 e. The van der Waals surface area contributed by atoms with Crippen molar-refractivity contribution in [3.8, 4) is 0 Å². The minimum atomic E-state index is -0.251. The van der Waals surface area contributed by atoms with Crippen molar-refractivity contribution >= 4 is 0 Å². The van der Waals surface area contributed by atoms with Gasteiger partial charge in [-0.05, 0) is 38.0 Å². The highest BCUT2D eigenvalue weighted by molar-refractivity contribution is 4.82. The SMILES string of the molecule is CCOC(CC)C(O)C1CCCC(CC)C1. The summed E-state index contributed by atoms with van der Waals surface area (Å²) in [6.07, 6.45) is 6.98. The van der Waals surface area contributed by atoms with E-state index in [9.17, 15) is 5.11 Å². The molecule has 0 aromatic carbocycles. The summed E-state index contributed by atoms with van der Waals surface area (Å²) >= 11 is 0. The first-order valence-corrected chi connectivity index (χ1v) is 7.02. The molecule has 0 aromatic rings. The zero-order chi connectivity index (χ0) is 12.0. The predicted molar refractivity (Wildman–Crippen MR) is 67.5 cm³/mol. The van der Waals surface area contributed by atoms with Crippen LogP contribution in [0.25, 0.3) is 0 Å². The van der Waals surface area contributed by atoms with Crippen molar-refractivity contribution < 1.29 is 9.84 Å². The molecule has 0 radical (unpaired) electrons. The maximum absolute atomic E-state index is 10.4. The van der Waals surface area contributed by atoms with Crippen molar-refractivity contribution in [3.05, 3.63) is 0 Å². The lowest BCUT2D eigenvalue weighted by Crippen LogP contribution is -2.37. The van der Waals surface area contributed by atoms with Gasteiger partial charge in [0.25, 0.3) is 0 Å². The highest BCUT2D eigenvalue weighted by Crippen LogP contribution is 2.34. The molecule has 0 amide bonds. The fourth-order valence-corrected chi connectivity index (χ4v) is 2.99. The Hall–Kier alpha value is -0.0800. The standard InChI is InChI=1S/C14H28O2/c1-4-11-8-7-9-12(10-11)14(15)13(5-2)16-6-3/h11-15H,4-10H2,1-3H3. The lowest BCUT2D eigenvalue weighted by Gasteiger charge is -2.35. The molecular formula is C14H28O2. The maximum atomic E-state index is 10.4. The fourth-order valence-electron chi connectivity index (χ4n) is 2.99. The van der Waals surface area contributed by atoms with Crippen molar-refractivity contribution in [1.82, 2.24) is 0 Å². The number of hydrogen-bond donors (Lipinski definition) is 1.